The van der Waals surface area contributed by atoms with Crippen LogP contribution in [0.3, 0.4) is 0 Å². The van der Waals surface area contributed by atoms with Gasteiger partial charge < -0.3 is 21.1 Å². The summed E-state index contributed by atoms with van der Waals surface area (Å²) in [7, 11) is 0. The van der Waals surface area contributed by atoms with Crippen molar-refractivity contribution in [2.24, 2.45) is 10.7 Å². The third-order valence-corrected chi connectivity index (χ3v) is 2.56. The summed E-state index contributed by atoms with van der Waals surface area (Å²) in [5.41, 5.74) is 8.53. The summed E-state index contributed by atoms with van der Waals surface area (Å²) >= 11 is 0. The second-order valence-electron chi connectivity index (χ2n) is 6.20. The Labute approximate surface area is 155 Å². The van der Waals surface area contributed by atoms with E-state index in [0.29, 0.717) is 19.0 Å². The van der Waals surface area contributed by atoms with Crippen molar-refractivity contribution in [1.29, 1.82) is 0 Å². The Morgan fingerprint density at radius 2 is 1.78 bits per heavy atom. The maximum absolute atomic E-state index is 11.4. The number of alkyl carbamates (subject to hydrolysis) is 1. The molecule has 0 bridgehead atoms. The Morgan fingerprint density at radius 1 is 1.22 bits per heavy atom. The molecule has 7 heteroatoms. The van der Waals surface area contributed by atoms with E-state index in [9.17, 15) is 4.79 Å². The average Bonchev–Trinajstić information content (AvgIpc) is 2.31. The molecule has 1 aromatic carbocycles. The summed E-state index contributed by atoms with van der Waals surface area (Å²) in [6.45, 7) is 10.2. The fraction of sp³-hybridized carbons (Fsp3) is 0.500. The maximum atomic E-state index is 11.4. The van der Waals surface area contributed by atoms with E-state index in [2.05, 4.69) is 21.7 Å². The van der Waals surface area contributed by atoms with Gasteiger partial charge in [-0.1, -0.05) is 6.07 Å². The second kappa shape index (κ2) is 9.59. The van der Waals surface area contributed by atoms with Crippen molar-refractivity contribution in [1.82, 2.24) is 5.32 Å². The summed E-state index contributed by atoms with van der Waals surface area (Å²) in [6.07, 6.45) is -0.455. The first kappa shape index (κ1) is 21.5. The number of amides is 1. The molecule has 0 fully saturated rings. The van der Waals surface area contributed by atoms with Crippen LogP contribution >= 0.6 is 24.0 Å². The van der Waals surface area contributed by atoms with Crippen molar-refractivity contribution < 1.29 is 9.53 Å². The lowest BCUT2D eigenvalue weighted by atomic mass is 10.1. The highest BCUT2D eigenvalue weighted by Gasteiger charge is 2.15. The van der Waals surface area contributed by atoms with Crippen molar-refractivity contribution in [2.75, 3.05) is 18.4 Å². The molecule has 0 unspecified atom stereocenters. The molecule has 1 rings (SSSR count). The smallest absolute Gasteiger partial charge is 0.407 e. The van der Waals surface area contributed by atoms with E-state index >= 15 is 0 Å². The topological polar surface area (TPSA) is 88.7 Å². The minimum absolute atomic E-state index is 0. The van der Waals surface area contributed by atoms with Gasteiger partial charge in [-0.3, -0.25) is 4.99 Å². The van der Waals surface area contributed by atoms with Gasteiger partial charge in [-0.05, 0) is 57.9 Å². The summed E-state index contributed by atoms with van der Waals surface area (Å²) in [5.74, 6) is 0.316. The molecular formula is C16H27IN4O2. The van der Waals surface area contributed by atoms with Crippen LogP contribution in [-0.4, -0.2) is 30.7 Å². The van der Waals surface area contributed by atoms with Crippen molar-refractivity contribution in [3.8, 4) is 0 Å². The van der Waals surface area contributed by atoms with Gasteiger partial charge >= 0.3 is 6.09 Å². The lowest BCUT2D eigenvalue weighted by molar-refractivity contribution is 0.0529. The van der Waals surface area contributed by atoms with E-state index in [-0.39, 0.29) is 24.0 Å². The maximum Gasteiger partial charge on any atom is 0.407 e. The largest absolute Gasteiger partial charge is 0.444 e. The average molecular weight is 434 g/mol. The van der Waals surface area contributed by atoms with E-state index in [1.165, 1.54) is 0 Å². The number of aryl methyl sites for hydroxylation is 2. The van der Waals surface area contributed by atoms with Crippen LogP contribution in [0.25, 0.3) is 0 Å². The van der Waals surface area contributed by atoms with Crippen molar-refractivity contribution in [3.63, 3.8) is 0 Å². The fourth-order valence-corrected chi connectivity index (χ4v) is 1.88. The number of nitrogens with two attached hydrogens (primary N) is 1. The Balaban J connectivity index is 0.00000484. The predicted molar refractivity (Wildman–Crippen MR) is 106 cm³/mol. The van der Waals surface area contributed by atoms with Crippen molar-refractivity contribution >= 4 is 41.7 Å². The molecule has 1 aromatic rings. The van der Waals surface area contributed by atoms with Crippen LogP contribution < -0.4 is 16.4 Å². The number of aliphatic imine (C=N–C) groups is 1. The molecule has 4 N–H and O–H groups in total. The predicted octanol–water partition coefficient (Wildman–Crippen LogP) is 3.17. The van der Waals surface area contributed by atoms with Gasteiger partial charge in [-0.2, -0.15) is 0 Å². The third-order valence-electron chi connectivity index (χ3n) is 2.56. The number of guanidine groups is 1. The number of ether oxygens (including phenoxy) is 1. The van der Waals surface area contributed by atoms with Crippen molar-refractivity contribution in [2.45, 2.75) is 40.2 Å². The number of nitrogens with zero attached hydrogens (tertiary/aromatic N) is 1. The highest BCUT2D eigenvalue weighted by molar-refractivity contribution is 14.0. The quantitative estimate of drug-likeness (QED) is 0.294. The number of benzene rings is 1. The van der Waals surface area contributed by atoms with E-state index in [1.807, 2.05) is 46.8 Å². The third kappa shape index (κ3) is 9.98. The van der Waals surface area contributed by atoms with E-state index in [0.717, 1.165) is 16.8 Å². The molecule has 0 saturated heterocycles. The normalized spacial score (nSPS) is 11.4. The molecule has 23 heavy (non-hydrogen) atoms. The zero-order chi connectivity index (χ0) is 16.8. The summed E-state index contributed by atoms with van der Waals surface area (Å²) in [6, 6.07) is 6.08. The molecule has 0 aliphatic rings. The molecule has 0 atom stereocenters. The number of carbonyl (C=O) groups is 1. The molecular weight excluding hydrogens is 407 g/mol. The molecule has 0 aromatic heterocycles. The second-order valence-corrected chi connectivity index (χ2v) is 6.20. The molecule has 6 nitrogen and oxygen atoms in total. The van der Waals surface area contributed by atoms with Gasteiger partial charge in [0.05, 0.1) is 6.54 Å². The Morgan fingerprint density at radius 3 is 2.30 bits per heavy atom. The van der Waals surface area contributed by atoms with Gasteiger partial charge in [0.1, 0.15) is 5.60 Å². The Bertz CT molecular complexity index is 533. The lowest BCUT2D eigenvalue weighted by Crippen LogP contribution is -2.34. The van der Waals surface area contributed by atoms with E-state index in [1.54, 1.807) is 0 Å². The summed E-state index contributed by atoms with van der Waals surface area (Å²) < 4.78 is 5.12. The summed E-state index contributed by atoms with van der Waals surface area (Å²) in [5, 5.41) is 5.66. The molecule has 130 valence electrons. The van der Waals surface area contributed by atoms with Crippen LogP contribution in [0.4, 0.5) is 10.5 Å². The van der Waals surface area contributed by atoms with Crippen LogP contribution in [0, 0.1) is 13.8 Å². The standard InChI is InChI=1S/C16H26N4O2.HI/c1-11-8-12(2)10-13(9-11)20-14(17)18-6-7-19-15(21)22-16(3,4)5;/h8-10H,6-7H2,1-5H3,(H,19,21)(H3,17,18,20);1H. The first-order valence-corrected chi connectivity index (χ1v) is 7.28. The van der Waals surface area contributed by atoms with Gasteiger partial charge in [-0.25, -0.2) is 4.79 Å². The van der Waals surface area contributed by atoms with Gasteiger partial charge in [0.15, 0.2) is 5.96 Å². The van der Waals surface area contributed by atoms with Crippen LogP contribution in [0.15, 0.2) is 23.2 Å². The number of rotatable bonds is 4. The molecule has 0 aliphatic heterocycles. The van der Waals surface area contributed by atoms with E-state index < -0.39 is 11.7 Å². The zero-order valence-corrected chi connectivity index (χ0v) is 16.7. The number of halogens is 1. The van der Waals surface area contributed by atoms with Crippen molar-refractivity contribution in [3.05, 3.63) is 29.3 Å². The first-order chi connectivity index (χ1) is 10.2. The number of hydrogen-bond acceptors (Lipinski definition) is 3. The van der Waals surface area contributed by atoms with Crippen LogP contribution in [0.2, 0.25) is 0 Å². The van der Waals surface area contributed by atoms with E-state index in [4.69, 9.17) is 10.5 Å². The number of anilines is 1. The zero-order valence-electron chi connectivity index (χ0n) is 14.4. The monoisotopic (exact) mass is 434 g/mol. The van der Waals surface area contributed by atoms with Gasteiger partial charge in [0, 0.05) is 12.2 Å². The Kier molecular flexibility index (Phi) is 8.96. The minimum atomic E-state index is -0.503. The molecule has 1 amide bonds. The van der Waals surface area contributed by atoms with Crippen LogP contribution in [-0.2, 0) is 4.74 Å². The summed E-state index contributed by atoms with van der Waals surface area (Å²) in [4.78, 5) is 15.6. The highest BCUT2D eigenvalue weighted by atomic mass is 127. The molecule has 0 saturated carbocycles. The fourth-order valence-electron chi connectivity index (χ4n) is 1.88. The van der Waals surface area contributed by atoms with Gasteiger partial charge in [-0.15, -0.1) is 24.0 Å². The lowest BCUT2D eigenvalue weighted by Gasteiger charge is -2.19. The van der Waals surface area contributed by atoms with Gasteiger partial charge in [0.25, 0.3) is 0 Å². The first-order valence-electron chi connectivity index (χ1n) is 7.28. The molecule has 0 radical (unpaired) electrons. The van der Waals surface area contributed by atoms with Gasteiger partial charge in [0.2, 0.25) is 0 Å². The minimum Gasteiger partial charge on any atom is -0.444 e. The number of hydrogen-bond donors (Lipinski definition) is 3. The number of nitrogens with one attached hydrogen (secondary N) is 2. The SMILES string of the molecule is Cc1cc(C)cc(NC(N)=NCCNC(=O)OC(C)(C)C)c1.I. The van der Waals surface area contributed by atoms with Crippen LogP contribution in [0.1, 0.15) is 31.9 Å². The van der Waals surface area contributed by atoms with Crippen LogP contribution in [0.5, 0.6) is 0 Å². The molecule has 0 spiro atoms. The highest BCUT2D eigenvalue weighted by Crippen LogP contribution is 2.13. The Hall–Kier alpha value is -1.51. The number of carbonyl (C=O) groups excluding carboxylic acids is 1. The molecule has 0 aliphatic carbocycles. The molecule has 0 heterocycles.